The number of aliphatic imine (C=N–C) groups is 1. The number of thiol groups is 1. The number of carboxylic acids is 1. The van der Waals surface area contributed by atoms with Gasteiger partial charge in [0.2, 0.25) is 35.4 Å². The largest absolute Gasteiger partial charge is 0.481 e. The Morgan fingerprint density at radius 1 is 0.857 bits per heavy atom. The zero-order valence-corrected chi connectivity index (χ0v) is 27.9. The third-order valence-corrected chi connectivity index (χ3v) is 7.73. The Morgan fingerprint density at radius 3 is 2.08 bits per heavy atom. The Balaban J connectivity index is 2.41. The van der Waals surface area contributed by atoms with Gasteiger partial charge in [0.1, 0.15) is 24.2 Å². The van der Waals surface area contributed by atoms with Gasteiger partial charge in [-0.2, -0.15) is 12.6 Å². The van der Waals surface area contributed by atoms with E-state index in [9.17, 15) is 38.7 Å². The third kappa shape index (κ3) is 15.2. The molecule has 5 atom stereocenters. The maximum atomic E-state index is 13.8. The summed E-state index contributed by atoms with van der Waals surface area (Å²) < 4.78 is 0. The van der Waals surface area contributed by atoms with Gasteiger partial charge in [-0.15, -0.1) is 0 Å². The van der Waals surface area contributed by atoms with E-state index in [2.05, 4.69) is 49.5 Å². The lowest BCUT2D eigenvalue weighted by Gasteiger charge is -2.26. The summed E-state index contributed by atoms with van der Waals surface area (Å²) >= 11 is 4.00. The molecule has 19 heteroatoms. The third-order valence-electron chi connectivity index (χ3n) is 7.33. The van der Waals surface area contributed by atoms with Gasteiger partial charge in [0.25, 0.3) is 0 Å². The van der Waals surface area contributed by atoms with Crippen molar-refractivity contribution in [3.63, 3.8) is 0 Å². The fourth-order valence-corrected chi connectivity index (χ4v) is 4.90. The van der Waals surface area contributed by atoms with Gasteiger partial charge in [-0.3, -0.25) is 38.6 Å². The molecule has 0 aromatic heterocycles. The summed E-state index contributed by atoms with van der Waals surface area (Å²) in [6.45, 7) is -0.271. The van der Waals surface area contributed by atoms with E-state index in [0.29, 0.717) is 18.4 Å². The summed E-state index contributed by atoms with van der Waals surface area (Å²) in [6, 6.07) is 2.59. The number of rotatable bonds is 15. The van der Waals surface area contributed by atoms with Crippen LogP contribution in [-0.4, -0.2) is 108 Å². The van der Waals surface area contributed by atoms with Crippen molar-refractivity contribution >= 4 is 60.0 Å². The van der Waals surface area contributed by atoms with E-state index in [1.54, 1.807) is 30.3 Å². The molecule has 0 saturated carbocycles. The quantitative estimate of drug-likeness (QED) is 0.0366. The first kappa shape index (κ1) is 40.3. The van der Waals surface area contributed by atoms with Crippen LogP contribution in [0.1, 0.15) is 44.1 Å². The van der Waals surface area contributed by atoms with Crippen LogP contribution in [0.2, 0.25) is 0 Å². The number of hydrogen-bond donors (Lipinski definition) is 11. The molecule has 6 amide bonds. The summed E-state index contributed by atoms with van der Waals surface area (Å²) in [5, 5.41) is 24.6. The van der Waals surface area contributed by atoms with Gasteiger partial charge in [0.15, 0.2) is 5.96 Å². The monoisotopic (exact) mass is 706 g/mol. The molecule has 13 N–H and O–H groups in total. The van der Waals surface area contributed by atoms with Crippen molar-refractivity contribution in [2.24, 2.45) is 22.2 Å². The Hall–Kier alpha value is -4.91. The zero-order valence-electron chi connectivity index (χ0n) is 27.0. The summed E-state index contributed by atoms with van der Waals surface area (Å²) in [5.41, 5.74) is 17.1. The minimum Gasteiger partial charge on any atom is -0.481 e. The molecule has 1 fully saturated rings. The highest BCUT2D eigenvalue weighted by atomic mass is 32.1. The van der Waals surface area contributed by atoms with E-state index in [4.69, 9.17) is 17.2 Å². The van der Waals surface area contributed by atoms with Crippen molar-refractivity contribution < 1.29 is 38.7 Å². The number of aliphatic carboxylic acids is 1. The van der Waals surface area contributed by atoms with Crippen molar-refractivity contribution in [2.45, 2.75) is 75.2 Å². The molecule has 2 rings (SSSR count). The number of amides is 6. The number of nitrogens with zero attached hydrogens (tertiary/aromatic N) is 1. The fourth-order valence-electron chi connectivity index (χ4n) is 4.74. The molecule has 49 heavy (non-hydrogen) atoms. The molecule has 1 aliphatic heterocycles. The van der Waals surface area contributed by atoms with Crippen molar-refractivity contribution in [3.05, 3.63) is 35.9 Å². The van der Waals surface area contributed by atoms with Crippen molar-refractivity contribution in [1.29, 1.82) is 0 Å². The highest BCUT2D eigenvalue weighted by Crippen LogP contribution is 2.09. The lowest BCUT2D eigenvalue weighted by Crippen LogP contribution is -2.58. The van der Waals surface area contributed by atoms with E-state index < -0.39 is 84.6 Å². The predicted octanol–water partition coefficient (Wildman–Crippen LogP) is -3.63. The Bertz CT molecular complexity index is 1340. The number of benzene rings is 1. The average Bonchev–Trinajstić information content (AvgIpc) is 3.06. The summed E-state index contributed by atoms with van der Waals surface area (Å²) in [7, 11) is 0. The lowest BCUT2D eigenvalue weighted by molar-refractivity contribution is -0.141. The zero-order chi connectivity index (χ0) is 36.3. The Morgan fingerprint density at radius 2 is 1.45 bits per heavy atom. The van der Waals surface area contributed by atoms with Crippen LogP contribution >= 0.6 is 12.6 Å². The summed E-state index contributed by atoms with van der Waals surface area (Å²) in [4.78, 5) is 94.0. The highest BCUT2D eigenvalue weighted by molar-refractivity contribution is 7.80. The molecule has 1 aromatic rings. The number of unbranched alkanes of at least 4 members (excludes halogenated alkanes) is 1. The topological polar surface area (TPSA) is 302 Å². The van der Waals surface area contributed by atoms with Crippen LogP contribution in [0.4, 0.5) is 0 Å². The second-order valence-electron chi connectivity index (χ2n) is 11.3. The number of hydrogen-bond acceptors (Lipinski definition) is 10. The van der Waals surface area contributed by atoms with Gasteiger partial charge >= 0.3 is 5.97 Å². The first-order valence-corrected chi connectivity index (χ1v) is 16.4. The summed E-state index contributed by atoms with van der Waals surface area (Å²) in [6.07, 6.45) is 0.273. The van der Waals surface area contributed by atoms with Crippen LogP contribution in [0.5, 0.6) is 0 Å². The molecule has 270 valence electrons. The standard InChI is InChI=1S/C30H46N10O8S/c31-18(16-49)25(44)34-11-5-4-9-20-27(46)38-19(10-6-12-35-30(32)33)26(45)36-15-23(41)37-22(14-24(42)43)29(48)40-21(28(47)39-20)13-17-7-2-1-3-8-17/h1-3,7-8,18-22,49H,4-6,9-16,31H2,(H,34,44)(H,36,45)(H,37,41)(H,38,46)(H,39,47)(H,40,48)(H,42,43)(H4,32,33,35)/t18-,19+,20-,21-,22+/m1/s1. The first-order valence-electron chi connectivity index (χ1n) is 15.7. The van der Waals surface area contributed by atoms with Crippen molar-refractivity contribution in [3.8, 4) is 0 Å². The van der Waals surface area contributed by atoms with Gasteiger partial charge in [0.05, 0.1) is 19.0 Å². The number of carboxylic acid groups (broad SMARTS) is 1. The van der Waals surface area contributed by atoms with E-state index in [-0.39, 0.29) is 50.5 Å². The molecule has 1 aromatic carbocycles. The van der Waals surface area contributed by atoms with Crippen molar-refractivity contribution in [1.82, 2.24) is 31.9 Å². The van der Waals surface area contributed by atoms with Gasteiger partial charge < -0.3 is 54.2 Å². The minimum absolute atomic E-state index is 0.0363. The molecule has 0 radical (unpaired) electrons. The number of guanidine groups is 1. The van der Waals surface area contributed by atoms with E-state index >= 15 is 0 Å². The molecule has 1 aliphatic rings. The van der Waals surface area contributed by atoms with E-state index in [1.807, 2.05) is 0 Å². The Labute approximate surface area is 288 Å². The lowest BCUT2D eigenvalue weighted by atomic mass is 10.0. The first-order chi connectivity index (χ1) is 23.3. The smallest absolute Gasteiger partial charge is 0.305 e. The molecule has 18 nitrogen and oxygen atoms in total. The molecule has 0 bridgehead atoms. The molecule has 0 aliphatic carbocycles. The van der Waals surface area contributed by atoms with Gasteiger partial charge in [0, 0.05) is 25.3 Å². The average molecular weight is 707 g/mol. The number of carbonyl (C=O) groups excluding carboxylic acids is 6. The van der Waals surface area contributed by atoms with Crippen LogP contribution in [0.25, 0.3) is 0 Å². The maximum Gasteiger partial charge on any atom is 0.305 e. The van der Waals surface area contributed by atoms with Crippen LogP contribution in [0.15, 0.2) is 35.3 Å². The molecular weight excluding hydrogens is 660 g/mol. The van der Waals surface area contributed by atoms with E-state index in [1.165, 1.54) is 0 Å². The second-order valence-corrected chi connectivity index (χ2v) is 11.7. The molecule has 0 unspecified atom stereocenters. The molecule has 0 spiro atoms. The van der Waals surface area contributed by atoms with Crippen LogP contribution in [0.3, 0.4) is 0 Å². The summed E-state index contributed by atoms with van der Waals surface area (Å²) in [5.74, 6) is -5.87. The molecular formula is C30H46N10O8S. The highest BCUT2D eigenvalue weighted by Gasteiger charge is 2.33. The SMILES string of the molecule is NC(N)=NCCC[C@@H]1NC(=O)[C@@H](CCCCNC(=O)[C@H](N)CS)NC(=O)[C@@H](Cc2ccccc2)NC(=O)[C@H](CC(=O)O)NC(=O)CNC1=O. The fraction of sp³-hybridized carbons (Fsp3) is 0.533. The van der Waals surface area contributed by atoms with Crippen LogP contribution < -0.4 is 49.1 Å². The minimum atomic E-state index is -1.59. The van der Waals surface area contributed by atoms with Gasteiger partial charge in [-0.05, 0) is 37.7 Å². The normalized spacial score (nSPS) is 21.3. The van der Waals surface area contributed by atoms with Gasteiger partial charge in [-0.1, -0.05) is 30.3 Å². The Kier molecular flexibility index (Phi) is 17.4. The van der Waals surface area contributed by atoms with Crippen LogP contribution in [0, 0.1) is 0 Å². The molecule has 1 heterocycles. The van der Waals surface area contributed by atoms with Crippen LogP contribution in [-0.2, 0) is 40.0 Å². The second kappa shape index (κ2) is 21.1. The predicted molar refractivity (Wildman–Crippen MR) is 182 cm³/mol. The number of carbonyl (C=O) groups is 7. The van der Waals surface area contributed by atoms with E-state index in [0.717, 1.165) is 0 Å². The number of nitrogens with two attached hydrogens (primary N) is 3. The maximum absolute atomic E-state index is 13.8. The molecule has 1 saturated heterocycles. The number of nitrogens with one attached hydrogen (secondary N) is 6. The van der Waals surface area contributed by atoms with Gasteiger partial charge in [-0.25, -0.2) is 0 Å². The van der Waals surface area contributed by atoms with Crippen molar-refractivity contribution in [2.75, 3.05) is 25.4 Å².